The second kappa shape index (κ2) is 14.9. The first-order chi connectivity index (χ1) is 25.9. The first kappa shape index (κ1) is 35.2. The van der Waals surface area contributed by atoms with Gasteiger partial charge in [-0.05, 0) is 104 Å². The maximum Gasteiger partial charge on any atom is 0.204 e. The van der Waals surface area contributed by atoms with Gasteiger partial charge in [0.15, 0.2) is 28.1 Å². The van der Waals surface area contributed by atoms with Crippen LogP contribution in [0.3, 0.4) is 0 Å². The normalized spacial score (nSPS) is 18.2. The molecule has 53 heavy (non-hydrogen) atoms. The standard InChI is InChI=1S/C42H46N4O6S/c1-45-15-12-27-21-28(24-47)36-22-31(27)33(45)18-25-6-9-29(10-7-25)51-37-20-26(8-11-35(37)48-3)19-34-38-30(13-16-46(34)2)32(23-44-42-43-14-17-53-42)39(49-4)41(50-5)40(38)52-36/h6-11,14,17,20-22,33-34,47H,12-13,15-16,18-19,23-24H2,1-5H3,(H,43,44)/t33-,34-/m0/s1. The second-order valence-corrected chi connectivity index (χ2v) is 14.9. The first-order valence-electron chi connectivity index (χ1n) is 18.1. The van der Waals surface area contributed by atoms with Crippen LogP contribution in [0.25, 0.3) is 0 Å². The Morgan fingerprint density at radius 2 is 1.60 bits per heavy atom. The summed E-state index contributed by atoms with van der Waals surface area (Å²) in [6, 6.07) is 18.8. The SMILES string of the molecule is COc1ccc2cc1Oc1ccc(cc1)C[C@H]1c3cc(c(CO)cc3CCN1C)Oc1c(OC)c(OC)c(CNc3nccs3)c3c1[C@H](C2)N(C)CC3. The number of benzene rings is 4. The zero-order valence-corrected chi connectivity index (χ0v) is 31.7. The van der Waals surface area contributed by atoms with Crippen molar-refractivity contribution in [2.75, 3.05) is 53.8 Å². The predicted molar refractivity (Wildman–Crippen MR) is 206 cm³/mol. The van der Waals surface area contributed by atoms with E-state index in [0.29, 0.717) is 47.5 Å². The number of ether oxygens (including phenoxy) is 5. The third-order valence-corrected chi connectivity index (χ3v) is 11.8. The number of thiazole rings is 1. The highest BCUT2D eigenvalue weighted by Gasteiger charge is 2.37. The molecule has 0 fully saturated rings. The topological polar surface area (TPSA) is 97.8 Å². The number of anilines is 1. The van der Waals surface area contributed by atoms with Crippen molar-refractivity contribution in [2.45, 2.75) is 50.9 Å². The fraction of sp³-hybridized carbons (Fsp3) is 0.357. The second-order valence-electron chi connectivity index (χ2n) is 14.0. The molecule has 2 N–H and O–H groups in total. The van der Waals surface area contributed by atoms with E-state index in [9.17, 15) is 5.11 Å². The molecule has 4 aromatic carbocycles. The number of hydrogen-bond donors (Lipinski definition) is 2. The molecule has 0 spiro atoms. The molecule has 11 heteroatoms. The molecular formula is C42H46N4O6S. The van der Waals surface area contributed by atoms with Gasteiger partial charge in [0.1, 0.15) is 11.5 Å². The van der Waals surface area contributed by atoms with Gasteiger partial charge < -0.3 is 34.1 Å². The van der Waals surface area contributed by atoms with Crippen LogP contribution in [-0.2, 0) is 38.8 Å². The van der Waals surface area contributed by atoms with E-state index in [4.69, 9.17) is 23.7 Å². The number of aliphatic hydroxyl groups excluding tert-OH is 1. The number of aromatic nitrogens is 1. The van der Waals surface area contributed by atoms with Crippen molar-refractivity contribution in [2.24, 2.45) is 0 Å². The Bertz CT molecular complexity index is 2100. The largest absolute Gasteiger partial charge is 0.493 e. The van der Waals surface area contributed by atoms with Gasteiger partial charge in [-0.2, -0.15) is 0 Å². The Morgan fingerprint density at radius 3 is 2.34 bits per heavy atom. The highest BCUT2D eigenvalue weighted by Crippen LogP contribution is 2.53. The van der Waals surface area contributed by atoms with Crippen LogP contribution < -0.4 is 29.0 Å². The van der Waals surface area contributed by atoms with Gasteiger partial charge in [-0.15, -0.1) is 11.3 Å². The monoisotopic (exact) mass is 734 g/mol. The van der Waals surface area contributed by atoms with Crippen LogP contribution in [0.4, 0.5) is 5.13 Å². The van der Waals surface area contributed by atoms with Crippen molar-refractivity contribution in [3.05, 3.63) is 111 Å². The lowest BCUT2D eigenvalue weighted by Gasteiger charge is -2.38. The van der Waals surface area contributed by atoms with Crippen molar-refractivity contribution in [3.8, 4) is 40.2 Å². The molecule has 0 saturated carbocycles. The van der Waals surface area contributed by atoms with E-state index in [0.717, 1.165) is 71.1 Å². The first-order valence-corrected chi connectivity index (χ1v) is 19.0. The summed E-state index contributed by atoms with van der Waals surface area (Å²) in [5, 5.41) is 17.1. The number of fused-ring (bicyclic) bond motifs is 2. The van der Waals surface area contributed by atoms with Crippen LogP contribution in [0.2, 0.25) is 0 Å². The summed E-state index contributed by atoms with van der Waals surface area (Å²) >= 11 is 1.56. The number of nitrogens with zero attached hydrogens (tertiary/aromatic N) is 3. The highest BCUT2D eigenvalue weighted by molar-refractivity contribution is 7.13. The molecule has 276 valence electrons. The summed E-state index contributed by atoms with van der Waals surface area (Å²) in [6.45, 7) is 2.10. The summed E-state index contributed by atoms with van der Waals surface area (Å²) in [5.74, 6) is 4.44. The minimum Gasteiger partial charge on any atom is -0.493 e. The molecule has 9 rings (SSSR count). The maximum atomic E-state index is 10.8. The van der Waals surface area contributed by atoms with E-state index < -0.39 is 0 Å². The molecule has 6 bridgehead atoms. The van der Waals surface area contributed by atoms with Crippen LogP contribution in [-0.4, -0.2) is 68.4 Å². The van der Waals surface area contributed by atoms with E-state index in [1.54, 1.807) is 38.9 Å². The Balaban J connectivity index is 1.37. The fourth-order valence-corrected chi connectivity index (χ4v) is 8.75. The average Bonchev–Trinajstić information content (AvgIpc) is 3.70. The third-order valence-electron chi connectivity index (χ3n) is 11.0. The summed E-state index contributed by atoms with van der Waals surface area (Å²) in [6.07, 6.45) is 4.94. The number of likely N-dealkylation sites (N-methyl/N-ethyl adjacent to an activating group) is 2. The van der Waals surface area contributed by atoms with Crippen molar-refractivity contribution in [1.82, 2.24) is 14.8 Å². The molecule has 0 unspecified atom stereocenters. The van der Waals surface area contributed by atoms with E-state index >= 15 is 0 Å². The van der Waals surface area contributed by atoms with Gasteiger partial charge in [0.25, 0.3) is 0 Å². The number of hydrogen-bond acceptors (Lipinski definition) is 11. The van der Waals surface area contributed by atoms with Crippen molar-refractivity contribution < 1.29 is 28.8 Å². The molecular weight excluding hydrogens is 689 g/mol. The van der Waals surface area contributed by atoms with Gasteiger partial charge in [0.05, 0.1) is 27.9 Å². The zero-order valence-electron chi connectivity index (χ0n) is 30.9. The number of nitrogens with one attached hydrogen (secondary N) is 1. The molecule has 5 aromatic rings. The number of methoxy groups -OCH3 is 3. The van der Waals surface area contributed by atoms with Gasteiger partial charge in [-0.25, -0.2) is 4.98 Å². The summed E-state index contributed by atoms with van der Waals surface area (Å²) < 4.78 is 31.9. The number of aliphatic hydroxyl groups is 1. The molecule has 4 aliphatic heterocycles. The maximum absolute atomic E-state index is 10.8. The molecule has 10 nitrogen and oxygen atoms in total. The quantitative estimate of drug-likeness (QED) is 0.173. The lowest BCUT2D eigenvalue weighted by atomic mass is 9.84. The molecule has 0 saturated heterocycles. The Labute approximate surface area is 314 Å². The predicted octanol–water partition coefficient (Wildman–Crippen LogP) is 7.71. The van der Waals surface area contributed by atoms with Crippen molar-refractivity contribution in [1.29, 1.82) is 0 Å². The lowest BCUT2D eigenvalue weighted by Crippen LogP contribution is -2.35. The Kier molecular flexibility index (Phi) is 9.91. The molecule has 0 amide bonds. The Morgan fingerprint density at radius 1 is 0.849 bits per heavy atom. The van der Waals surface area contributed by atoms with Crippen LogP contribution in [0.15, 0.2) is 66.2 Å². The summed E-state index contributed by atoms with van der Waals surface area (Å²) in [5.41, 5.74) is 8.67. The molecule has 0 aliphatic carbocycles. The van der Waals surface area contributed by atoms with Crippen LogP contribution in [0, 0.1) is 0 Å². The minimum absolute atomic E-state index is 0.0966. The minimum atomic E-state index is -0.153. The van der Waals surface area contributed by atoms with Crippen LogP contribution in [0.5, 0.6) is 40.2 Å². The summed E-state index contributed by atoms with van der Waals surface area (Å²) in [4.78, 5) is 9.26. The molecule has 2 atom stereocenters. The fourth-order valence-electron chi connectivity index (χ4n) is 8.22. The van der Waals surface area contributed by atoms with Gasteiger partial charge >= 0.3 is 0 Å². The molecule has 0 radical (unpaired) electrons. The van der Waals surface area contributed by atoms with E-state index in [2.05, 4.69) is 70.6 Å². The average molecular weight is 735 g/mol. The van der Waals surface area contributed by atoms with Gasteiger partial charge in [0.2, 0.25) is 5.75 Å². The highest BCUT2D eigenvalue weighted by atomic mass is 32.1. The molecule has 1 aromatic heterocycles. The van der Waals surface area contributed by atoms with Crippen LogP contribution >= 0.6 is 11.3 Å². The van der Waals surface area contributed by atoms with E-state index in [-0.39, 0.29) is 18.7 Å². The van der Waals surface area contributed by atoms with Crippen molar-refractivity contribution in [3.63, 3.8) is 0 Å². The lowest BCUT2D eigenvalue weighted by molar-refractivity contribution is 0.219. The molecule has 5 heterocycles. The number of rotatable bonds is 7. The van der Waals surface area contributed by atoms with Gasteiger partial charge in [-0.1, -0.05) is 18.2 Å². The van der Waals surface area contributed by atoms with Gasteiger partial charge in [-0.3, -0.25) is 9.80 Å². The third kappa shape index (κ3) is 6.67. The van der Waals surface area contributed by atoms with E-state index in [1.807, 2.05) is 23.6 Å². The van der Waals surface area contributed by atoms with Crippen molar-refractivity contribution >= 4 is 16.5 Å². The summed E-state index contributed by atoms with van der Waals surface area (Å²) in [7, 11) is 9.36. The molecule has 4 aliphatic rings. The smallest absolute Gasteiger partial charge is 0.204 e. The van der Waals surface area contributed by atoms with E-state index in [1.165, 1.54) is 16.7 Å². The van der Waals surface area contributed by atoms with Crippen LogP contribution in [0.1, 0.15) is 56.6 Å². The zero-order chi connectivity index (χ0) is 36.6. The Hall–Kier alpha value is -4.81. The van der Waals surface area contributed by atoms with Gasteiger partial charge in [0, 0.05) is 60.0 Å².